The predicted molar refractivity (Wildman–Crippen MR) is 70.0 cm³/mol. The Bertz CT molecular complexity index is 427. The average Bonchev–Trinajstić information content (AvgIpc) is 2.28. The smallest absolute Gasteiger partial charge is 0.335 e. The second-order valence-corrected chi connectivity index (χ2v) is 5.16. The highest BCUT2D eigenvalue weighted by Crippen LogP contribution is 2.29. The molecule has 0 radical (unpaired) electrons. The first kappa shape index (κ1) is 13.4. The average molecular weight is 269 g/mol. The van der Waals surface area contributed by atoms with Crippen LogP contribution in [0, 0.1) is 5.92 Å². The zero-order valence-corrected chi connectivity index (χ0v) is 10.9. The molecule has 1 fully saturated rings. The number of carbonyl (C=O) groups is 1. The van der Waals surface area contributed by atoms with E-state index in [-0.39, 0.29) is 5.56 Å². The van der Waals surface area contributed by atoms with Crippen LogP contribution in [0.1, 0.15) is 41.6 Å². The Balaban J connectivity index is 1.79. The van der Waals surface area contributed by atoms with Gasteiger partial charge in [-0.15, -0.1) is 0 Å². The molecule has 0 atom stereocenters. The van der Waals surface area contributed by atoms with E-state index in [0.717, 1.165) is 24.5 Å². The summed E-state index contributed by atoms with van der Waals surface area (Å²) in [6.07, 6.45) is 5.13. The van der Waals surface area contributed by atoms with E-state index in [2.05, 4.69) is 0 Å². The summed E-state index contributed by atoms with van der Waals surface area (Å²) in [5, 5.41) is 9.28. The SMILES string of the molecule is O=C(O)c1ccc(COCCC2CCC2)c(Cl)c1. The number of hydrogen-bond acceptors (Lipinski definition) is 2. The second kappa shape index (κ2) is 6.21. The molecule has 18 heavy (non-hydrogen) atoms. The molecule has 0 aliphatic heterocycles. The molecule has 1 aromatic rings. The van der Waals surface area contributed by atoms with Crippen LogP contribution < -0.4 is 0 Å². The van der Waals surface area contributed by atoms with Gasteiger partial charge < -0.3 is 9.84 Å². The summed E-state index contributed by atoms with van der Waals surface area (Å²) in [6.45, 7) is 1.20. The van der Waals surface area contributed by atoms with Crippen LogP contribution in [0.2, 0.25) is 5.02 Å². The minimum absolute atomic E-state index is 0.207. The maximum Gasteiger partial charge on any atom is 0.335 e. The van der Waals surface area contributed by atoms with Gasteiger partial charge in [-0.05, 0) is 30.0 Å². The van der Waals surface area contributed by atoms with Crippen molar-refractivity contribution in [3.63, 3.8) is 0 Å². The van der Waals surface area contributed by atoms with Crippen LogP contribution in [0.4, 0.5) is 0 Å². The van der Waals surface area contributed by atoms with Gasteiger partial charge in [0, 0.05) is 11.6 Å². The third-order valence-corrected chi connectivity index (χ3v) is 3.80. The fourth-order valence-electron chi connectivity index (χ4n) is 2.01. The number of carboxylic acid groups (broad SMARTS) is 1. The molecule has 98 valence electrons. The first-order valence-electron chi connectivity index (χ1n) is 6.26. The Morgan fingerprint density at radius 1 is 1.44 bits per heavy atom. The van der Waals surface area contributed by atoms with E-state index >= 15 is 0 Å². The number of rotatable bonds is 6. The molecule has 4 heteroatoms. The van der Waals surface area contributed by atoms with Crippen LogP contribution in [0.15, 0.2) is 18.2 Å². The van der Waals surface area contributed by atoms with Gasteiger partial charge in [-0.1, -0.05) is 36.9 Å². The third kappa shape index (κ3) is 3.47. The molecular formula is C14H17ClO3. The second-order valence-electron chi connectivity index (χ2n) is 4.75. The van der Waals surface area contributed by atoms with Gasteiger partial charge in [-0.2, -0.15) is 0 Å². The van der Waals surface area contributed by atoms with Crippen molar-refractivity contribution in [3.8, 4) is 0 Å². The molecule has 2 rings (SSSR count). The van der Waals surface area contributed by atoms with Crippen LogP contribution in [-0.4, -0.2) is 17.7 Å². The van der Waals surface area contributed by atoms with Crippen LogP contribution in [0.5, 0.6) is 0 Å². The number of carboxylic acids is 1. The van der Waals surface area contributed by atoms with E-state index in [9.17, 15) is 4.79 Å². The Morgan fingerprint density at radius 3 is 2.78 bits per heavy atom. The van der Waals surface area contributed by atoms with Gasteiger partial charge in [0.25, 0.3) is 0 Å². The van der Waals surface area contributed by atoms with Crippen molar-refractivity contribution >= 4 is 17.6 Å². The number of ether oxygens (including phenoxy) is 1. The van der Waals surface area contributed by atoms with Gasteiger partial charge in [0.05, 0.1) is 12.2 Å². The summed E-state index contributed by atoms with van der Waals surface area (Å²) in [5.74, 6) is -0.121. The molecule has 1 N–H and O–H groups in total. The van der Waals surface area contributed by atoms with Gasteiger partial charge >= 0.3 is 5.97 Å². The highest BCUT2D eigenvalue weighted by atomic mass is 35.5. The van der Waals surface area contributed by atoms with Crippen molar-refractivity contribution in [2.24, 2.45) is 5.92 Å². The summed E-state index contributed by atoms with van der Waals surface area (Å²) >= 11 is 6.01. The summed E-state index contributed by atoms with van der Waals surface area (Å²) in [4.78, 5) is 10.7. The highest BCUT2D eigenvalue weighted by Gasteiger charge is 2.16. The van der Waals surface area contributed by atoms with Crippen LogP contribution in [-0.2, 0) is 11.3 Å². The maximum atomic E-state index is 10.7. The molecule has 0 unspecified atom stereocenters. The standard InChI is InChI=1S/C14H17ClO3/c15-13-8-11(14(16)17)4-5-12(13)9-18-7-6-10-2-1-3-10/h4-5,8,10H,1-3,6-7,9H2,(H,16,17). The number of halogens is 1. The zero-order valence-electron chi connectivity index (χ0n) is 10.2. The minimum atomic E-state index is -0.964. The molecule has 1 aliphatic carbocycles. The lowest BCUT2D eigenvalue weighted by atomic mass is 9.83. The quantitative estimate of drug-likeness (QED) is 0.800. The normalized spacial score (nSPS) is 15.4. The molecule has 3 nitrogen and oxygen atoms in total. The topological polar surface area (TPSA) is 46.5 Å². The molecule has 0 saturated heterocycles. The van der Waals surface area contributed by atoms with E-state index in [1.54, 1.807) is 12.1 Å². The molecule has 1 aromatic carbocycles. The highest BCUT2D eigenvalue weighted by molar-refractivity contribution is 6.31. The minimum Gasteiger partial charge on any atom is -0.478 e. The third-order valence-electron chi connectivity index (χ3n) is 3.45. The van der Waals surface area contributed by atoms with Crippen LogP contribution in [0.25, 0.3) is 0 Å². The summed E-state index contributed by atoms with van der Waals surface area (Å²) in [7, 11) is 0. The first-order chi connectivity index (χ1) is 8.66. The van der Waals surface area contributed by atoms with Crippen molar-refractivity contribution in [1.82, 2.24) is 0 Å². The summed E-state index contributed by atoms with van der Waals surface area (Å²) in [5.41, 5.74) is 1.05. The van der Waals surface area contributed by atoms with Gasteiger partial charge in [0.2, 0.25) is 0 Å². The van der Waals surface area contributed by atoms with Crippen molar-refractivity contribution < 1.29 is 14.6 Å². The Hall–Kier alpha value is -1.06. The molecule has 0 aromatic heterocycles. The van der Waals surface area contributed by atoms with Crippen LogP contribution >= 0.6 is 11.6 Å². The van der Waals surface area contributed by atoms with Gasteiger partial charge in [-0.25, -0.2) is 4.79 Å². The van der Waals surface area contributed by atoms with Gasteiger partial charge in [-0.3, -0.25) is 0 Å². The molecule has 1 saturated carbocycles. The number of aromatic carboxylic acids is 1. The fourth-order valence-corrected chi connectivity index (χ4v) is 2.25. The molecule has 1 aliphatic rings. The molecule has 0 heterocycles. The Kier molecular flexibility index (Phi) is 4.61. The molecule has 0 bridgehead atoms. The maximum absolute atomic E-state index is 10.7. The summed E-state index contributed by atoms with van der Waals surface area (Å²) < 4.78 is 5.58. The van der Waals surface area contributed by atoms with E-state index < -0.39 is 5.97 Å². The van der Waals surface area contributed by atoms with Gasteiger partial charge in [0.1, 0.15) is 0 Å². The van der Waals surface area contributed by atoms with E-state index in [4.69, 9.17) is 21.4 Å². The lowest BCUT2D eigenvalue weighted by Crippen LogP contribution is -2.13. The van der Waals surface area contributed by atoms with Crippen molar-refractivity contribution in [1.29, 1.82) is 0 Å². The van der Waals surface area contributed by atoms with Gasteiger partial charge in [0.15, 0.2) is 0 Å². The predicted octanol–water partition coefficient (Wildman–Crippen LogP) is 3.75. The Labute approximate surface area is 112 Å². The van der Waals surface area contributed by atoms with E-state index in [1.165, 1.54) is 25.3 Å². The van der Waals surface area contributed by atoms with Crippen molar-refractivity contribution in [3.05, 3.63) is 34.3 Å². The Morgan fingerprint density at radius 2 is 2.22 bits per heavy atom. The lowest BCUT2D eigenvalue weighted by molar-refractivity contribution is 0.0696. The number of benzene rings is 1. The van der Waals surface area contributed by atoms with E-state index in [1.807, 2.05) is 0 Å². The monoisotopic (exact) mass is 268 g/mol. The van der Waals surface area contributed by atoms with Crippen molar-refractivity contribution in [2.75, 3.05) is 6.61 Å². The zero-order chi connectivity index (χ0) is 13.0. The molecular weight excluding hydrogens is 252 g/mol. The van der Waals surface area contributed by atoms with E-state index in [0.29, 0.717) is 11.6 Å². The largest absolute Gasteiger partial charge is 0.478 e. The first-order valence-corrected chi connectivity index (χ1v) is 6.64. The lowest BCUT2D eigenvalue weighted by Gasteiger charge is -2.24. The molecule has 0 spiro atoms. The summed E-state index contributed by atoms with van der Waals surface area (Å²) in [6, 6.07) is 4.74. The molecule has 0 amide bonds. The van der Waals surface area contributed by atoms with Crippen LogP contribution in [0.3, 0.4) is 0 Å². The number of hydrogen-bond donors (Lipinski definition) is 1. The fraction of sp³-hybridized carbons (Fsp3) is 0.500. The van der Waals surface area contributed by atoms with Crippen molar-refractivity contribution in [2.45, 2.75) is 32.3 Å².